The predicted octanol–water partition coefficient (Wildman–Crippen LogP) is 3.71. The zero-order valence-corrected chi connectivity index (χ0v) is 15.1. The number of nitrogens with zero attached hydrogens (tertiary/aromatic N) is 1. The Hall–Kier alpha value is -2.04. The second kappa shape index (κ2) is 7.89. The summed E-state index contributed by atoms with van der Waals surface area (Å²) in [6.07, 6.45) is 1.22. The summed E-state index contributed by atoms with van der Waals surface area (Å²) in [5, 5.41) is 4.16. The molecule has 1 N–H and O–H groups in total. The van der Waals surface area contributed by atoms with Crippen molar-refractivity contribution in [2.24, 2.45) is 5.92 Å². The average Bonchev–Trinajstić information content (AvgIpc) is 2.99. The van der Waals surface area contributed by atoms with E-state index in [1.807, 2.05) is 24.3 Å². The minimum Gasteiger partial charge on any atom is -0.355 e. The fraction of sp³-hybridized carbons (Fsp3) is 0.263. The van der Waals surface area contributed by atoms with E-state index in [1.165, 1.54) is 0 Å². The summed E-state index contributed by atoms with van der Waals surface area (Å²) in [5.74, 6) is -0.998. The summed E-state index contributed by atoms with van der Waals surface area (Å²) in [5.41, 5.74) is 1.86. The van der Waals surface area contributed by atoms with Crippen LogP contribution in [-0.4, -0.2) is 24.9 Å². The number of anilines is 1. The van der Waals surface area contributed by atoms with Gasteiger partial charge in [-0.1, -0.05) is 35.3 Å². The van der Waals surface area contributed by atoms with E-state index in [0.717, 1.165) is 11.3 Å². The lowest BCUT2D eigenvalue weighted by atomic mass is 10.1. The molecule has 1 heterocycles. The molecular formula is C19H18Cl2N2O2. The summed E-state index contributed by atoms with van der Waals surface area (Å²) in [6, 6.07) is 14.6. The first-order chi connectivity index (χ1) is 12.0. The van der Waals surface area contributed by atoms with Crippen LogP contribution in [0.2, 0.25) is 10.0 Å². The summed E-state index contributed by atoms with van der Waals surface area (Å²) < 4.78 is 0. The molecule has 0 aliphatic carbocycles. The van der Waals surface area contributed by atoms with Crippen molar-refractivity contribution in [3.05, 3.63) is 64.1 Å². The Balaban J connectivity index is 1.53. The first kappa shape index (κ1) is 17.8. The molecule has 2 amide bonds. The van der Waals surface area contributed by atoms with Crippen molar-refractivity contribution >= 4 is 40.7 Å². The monoisotopic (exact) mass is 376 g/mol. The van der Waals surface area contributed by atoms with Gasteiger partial charge < -0.3 is 10.2 Å². The van der Waals surface area contributed by atoms with Crippen LogP contribution in [0.4, 0.5) is 5.69 Å². The average molecular weight is 377 g/mol. The van der Waals surface area contributed by atoms with Crippen LogP contribution in [0.3, 0.4) is 0 Å². The van der Waals surface area contributed by atoms with Gasteiger partial charge in [-0.2, -0.15) is 0 Å². The third kappa shape index (κ3) is 4.33. The fourth-order valence-electron chi connectivity index (χ4n) is 2.90. The van der Waals surface area contributed by atoms with E-state index in [2.05, 4.69) is 5.32 Å². The highest BCUT2D eigenvalue weighted by Crippen LogP contribution is 2.26. The van der Waals surface area contributed by atoms with Gasteiger partial charge in [-0.3, -0.25) is 9.59 Å². The number of hydrogen-bond donors (Lipinski definition) is 1. The summed E-state index contributed by atoms with van der Waals surface area (Å²) in [6.45, 7) is 1.03. The highest BCUT2D eigenvalue weighted by Gasteiger charge is 2.37. The smallest absolute Gasteiger partial charge is 0.239 e. The molecule has 1 aliphatic rings. The third-order valence-corrected chi connectivity index (χ3v) is 4.79. The molecule has 4 nitrogen and oxygen atoms in total. The first-order valence-electron chi connectivity index (χ1n) is 8.14. The zero-order valence-electron chi connectivity index (χ0n) is 13.5. The lowest BCUT2D eigenvalue weighted by Crippen LogP contribution is -2.37. The Kier molecular flexibility index (Phi) is 5.61. The Morgan fingerprint density at radius 3 is 2.28 bits per heavy atom. The van der Waals surface area contributed by atoms with Gasteiger partial charge in [0.1, 0.15) is 5.92 Å². The molecule has 130 valence electrons. The molecule has 2 aromatic carbocycles. The molecule has 0 spiro atoms. The topological polar surface area (TPSA) is 49.4 Å². The number of halogens is 2. The highest BCUT2D eigenvalue weighted by atomic mass is 35.5. The Labute approximate surface area is 156 Å². The van der Waals surface area contributed by atoms with E-state index in [-0.39, 0.29) is 11.8 Å². The van der Waals surface area contributed by atoms with Crippen LogP contribution in [0.25, 0.3) is 0 Å². The number of rotatable bonds is 5. The van der Waals surface area contributed by atoms with Crippen LogP contribution in [0, 0.1) is 5.92 Å². The lowest BCUT2D eigenvalue weighted by Gasteiger charge is -2.16. The maximum atomic E-state index is 12.5. The van der Waals surface area contributed by atoms with Gasteiger partial charge in [0.25, 0.3) is 0 Å². The van der Waals surface area contributed by atoms with Crippen molar-refractivity contribution in [3.63, 3.8) is 0 Å². The third-order valence-electron chi connectivity index (χ3n) is 4.29. The lowest BCUT2D eigenvalue weighted by molar-refractivity contribution is -0.132. The van der Waals surface area contributed by atoms with Crippen molar-refractivity contribution in [2.45, 2.75) is 12.8 Å². The molecule has 2 aromatic rings. The van der Waals surface area contributed by atoms with Gasteiger partial charge in [0.2, 0.25) is 11.8 Å². The van der Waals surface area contributed by atoms with Gasteiger partial charge in [-0.05, 0) is 54.8 Å². The number of carbonyl (C=O) groups is 2. The quantitative estimate of drug-likeness (QED) is 0.808. The SMILES string of the molecule is O=C(NCCc1ccc(Cl)cc1)[C@@H]1CCN(c2ccc(Cl)cc2)C1=O. The molecule has 1 fully saturated rings. The minimum absolute atomic E-state index is 0.161. The Morgan fingerprint density at radius 1 is 1.04 bits per heavy atom. The van der Waals surface area contributed by atoms with Crippen LogP contribution in [0.15, 0.2) is 48.5 Å². The van der Waals surface area contributed by atoms with Crippen LogP contribution in [0.5, 0.6) is 0 Å². The molecular weight excluding hydrogens is 359 g/mol. The maximum absolute atomic E-state index is 12.5. The summed E-state index contributed by atoms with van der Waals surface area (Å²) in [4.78, 5) is 26.5. The molecule has 3 rings (SSSR count). The number of nitrogens with one attached hydrogen (secondary N) is 1. The summed E-state index contributed by atoms with van der Waals surface area (Å²) >= 11 is 11.7. The van der Waals surface area contributed by atoms with Crippen LogP contribution < -0.4 is 10.2 Å². The van der Waals surface area contributed by atoms with E-state index in [9.17, 15) is 9.59 Å². The van der Waals surface area contributed by atoms with E-state index in [4.69, 9.17) is 23.2 Å². The van der Waals surface area contributed by atoms with Crippen LogP contribution in [0.1, 0.15) is 12.0 Å². The van der Waals surface area contributed by atoms with Crippen molar-refractivity contribution in [1.29, 1.82) is 0 Å². The number of carbonyl (C=O) groups excluding carboxylic acids is 2. The predicted molar refractivity (Wildman–Crippen MR) is 100 cm³/mol. The van der Waals surface area contributed by atoms with Crippen molar-refractivity contribution in [2.75, 3.05) is 18.0 Å². The van der Waals surface area contributed by atoms with Crippen molar-refractivity contribution < 1.29 is 9.59 Å². The fourth-order valence-corrected chi connectivity index (χ4v) is 3.16. The first-order valence-corrected chi connectivity index (χ1v) is 8.89. The van der Waals surface area contributed by atoms with Gasteiger partial charge in [-0.25, -0.2) is 0 Å². The van der Waals surface area contributed by atoms with Crippen molar-refractivity contribution in [3.8, 4) is 0 Å². The molecule has 0 aromatic heterocycles. The molecule has 25 heavy (non-hydrogen) atoms. The molecule has 0 bridgehead atoms. The van der Waals surface area contributed by atoms with Gasteiger partial charge in [0.05, 0.1) is 0 Å². The number of hydrogen-bond acceptors (Lipinski definition) is 2. The van der Waals surface area contributed by atoms with Gasteiger partial charge >= 0.3 is 0 Å². The second-order valence-electron chi connectivity index (χ2n) is 5.98. The molecule has 0 unspecified atom stereocenters. The highest BCUT2D eigenvalue weighted by molar-refractivity contribution is 6.30. The molecule has 1 atom stereocenters. The minimum atomic E-state index is -0.624. The molecule has 0 radical (unpaired) electrons. The largest absolute Gasteiger partial charge is 0.355 e. The van der Waals surface area contributed by atoms with Gasteiger partial charge in [0, 0.05) is 28.8 Å². The Morgan fingerprint density at radius 2 is 1.64 bits per heavy atom. The maximum Gasteiger partial charge on any atom is 0.239 e. The molecule has 6 heteroatoms. The normalized spacial score (nSPS) is 17.0. The van der Waals surface area contributed by atoms with Crippen LogP contribution in [-0.2, 0) is 16.0 Å². The van der Waals surface area contributed by atoms with Crippen molar-refractivity contribution in [1.82, 2.24) is 5.32 Å². The molecule has 1 saturated heterocycles. The van der Waals surface area contributed by atoms with E-state index < -0.39 is 5.92 Å². The summed E-state index contributed by atoms with van der Waals surface area (Å²) in [7, 11) is 0. The standard InChI is InChI=1S/C19H18Cl2N2O2/c20-14-3-1-13(2-4-14)9-11-22-18(24)17-10-12-23(19(17)25)16-7-5-15(21)6-8-16/h1-8,17H,9-12H2,(H,22,24)/t17-/m0/s1. The second-order valence-corrected chi connectivity index (χ2v) is 6.85. The van der Waals surface area contributed by atoms with E-state index in [1.54, 1.807) is 29.2 Å². The van der Waals surface area contributed by atoms with Gasteiger partial charge in [-0.15, -0.1) is 0 Å². The molecule has 1 aliphatic heterocycles. The zero-order chi connectivity index (χ0) is 17.8. The molecule has 0 saturated carbocycles. The van der Waals surface area contributed by atoms with Gasteiger partial charge in [0.15, 0.2) is 0 Å². The van der Waals surface area contributed by atoms with E-state index >= 15 is 0 Å². The Bertz CT molecular complexity index is 760. The van der Waals surface area contributed by atoms with E-state index in [0.29, 0.717) is 36.0 Å². The number of amides is 2. The number of benzene rings is 2. The van der Waals surface area contributed by atoms with Crippen LogP contribution >= 0.6 is 23.2 Å².